The second-order valence-corrected chi connectivity index (χ2v) is 4.97. The molecule has 0 unspecified atom stereocenters. The van der Waals surface area contributed by atoms with Crippen LogP contribution in [0.5, 0.6) is 11.5 Å². The lowest BCUT2D eigenvalue weighted by Crippen LogP contribution is -2.03. The van der Waals surface area contributed by atoms with Crippen molar-refractivity contribution in [3.8, 4) is 11.5 Å². The number of hydrogen-bond donors (Lipinski definition) is 1. The van der Waals surface area contributed by atoms with Crippen LogP contribution in [0.15, 0.2) is 36.4 Å². The standard InChI is InChI=1S/C15H12Cl2O4/c1-20-13-7-9(5-6-10(13)15(18)19)8-21-12-4-2-3-11(16)14(12)17/h2-7H,8H2,1H3,(H,18,19). The van der Waals surface area contributed by atoms with Crippen molar-refractivity contribution in [2.75, 3.05) is 7.11 Å². The number of carboxylic acids is 1. The molecular weight excluding hydrogens is 315 g/mol. The summed E-state index contributed by atoms with van der Waals surface area (Å²) in [7, 11) is 1.42. The molecule has 0 saturated heterocycles. The molecule has 0 spiro atoms. The van der Waals surface area contributed by atoms with Crippen LogP contribution in [0.3, 0.4) is 0 Å². The van der Waals surface area contributed by atoms with Gasteiger partial charge < -0.3 is 14.6 Å². The summed E-state index contributed by atoms with van der Waals surface area (Å²) in [6.45, 7) is 0.219. The van der Waals surface area contributed by atoms with E-state index in [1.807, 2.05) is 0 Å². The minimum absolute atomic E-state index is 0.0991. The van der Waals surface area contributed by atoms with Crippen LogP contribution in [-0.4, -0.2) is 18.2 Å². The summed E-state index contributed by atoms with van der Waals surface area (Å²) in [6.07, 6.45) is 0. The molecular formula is C15H12Cl2O4. The summed E-state index contributed by atoms with van der Waals surface area (Å²) in [6, 6.07) is 9.85. The smallest absolute Gasteiger partial charge is 0.339 e. The predicted molar refractivity (Wildman–Crippen MR) is 80.7 cm³/mol. The molecule has 0 radical (unpaired) electrons. The fourth-order valence-corrected chi connectivity index (χ4v) is 2.11. The van der Waals surface area contributed by atoms with Crippen molar-refractivity contribution in [3.05, 3.63) is 57.6 Å². The molecule has 2 aromatic carbocycles. The summed E-state index contributed by atoms with van der Waals surface area (Å²) in [5.74, 6) is -0.302. The highest BCUT2D eigenvalue weighted by atomic mass is 35.5. The third-order valence-electron chi connectivity index (χ3n) is 2.81. The fourth-order valence-electron chi connectivity index (χ4n) is 1.76. The Bertz CT molecular complexity index is 671. The normalized spacial score (nSPS) is 10.2. The Kier molecular flexibility index (Phi) is 4.94. The molecule has 2 rings (SSSR count). The molecule has 0 amide bonds. The van der Waals surface area contributed by atoms with Gasteiger partial charge in [0.1, 0.15) is 28.7 Å². The highest BCUT2D eigenvalue weighted by molar-refractivity contribution is 6.42. The average Bonchev–Trinajstić information content (AvgIpc) is 2.48. The van der Waals surface area contributed by atoms with Crippen molar-refractivity contribution in [2.45, 2.75) is 6.61 Å². The molecule has 0 aliphatic carbocycles. The van der Waals surface area contributed by atoms with E-state index in [1.165, 1.54) is 13.2 Å². The van der Waals surface area contributed by atoms with E-state index >= 15 is 0 Å². The van der Waals surface area contributed by atoms with Gasteiger partial charge in [-0.2, -0.15) is 0 Å². The molecule has 0 fully saturated rings. The number of hydrogen-bond acceptors (Lipinski definition) is 3. The number of aromatic carboxylic acids is 1. The Balaban J connectivity index is 2.17. The summed E-state index contributed by atoms with van der Waals surface area (Å²) in [5.41, 5.74) is 0.856. The molecule has 0 atom stereocenters. The highest BCUT2D eigenvalue weighted by Gasteiger charge is 2.12. The Hall–Kier alpha value is -1.91. The zero-order chi connectivity index (χ0) is 15.4. The van der Waals surface area contributed by atoms with Gasteiger partial charge in [0.05, 0.1) is 12.1 Å². The quantitative estimate of drug-likeness (QED) is 0.890. The Morgan fingerprint density at radius 3 is 2.62 bits per heavy atom. The first-order chi connectivity index (χ1) is 10.0. The van der Waals surface area contributed by atoms with E-state index in [1.54, 1.807) is 30.3 Å². The number of benzene rings is 2. The van der Waals surface area contributed by atoms with Crippen molar-refractivity contribution in [1.29, 1.82) is 0 Å². The molecule has 0 aromatic heterocycles. The van der Waals surface area contributed by atoms with Gasteiger partial charge in [-0.05, 0) is 29.8 Å². The molecule has 0 aliphatic rings. The van der Waals surface area contributed by atoms with Gasteiger partial charge in [-0.15, -0.1) is 0 Å². The SMILES string of the molecule is COc1cc(COc2cccc(Cl)c2Cl)ccc1C(=O)O. The molecule has 110 valence electrons. The summed E-state index contributed by atoms with van der Waals surface area (Å²) < 4.78 is 10.6. The van der Waals surface area contributed by atoms with Crippen LogP contribution in [0.2, 0.25) is 10.0 Å². The monoisotopic (exact) mass is 326 g/mol. The number of rotatable bonds is 5. The van der Waals surface area contributed by atoms with Crippen LogP contribution in [0.4, 0.5) is 0 Å². The van der Waals surface area contributed by atoms with Crippen LogP contribution in [0.25, 0.3) is 0 Å². The third-order valence-corrected chi connectivity index (χ3v) is 3.61. The van der Waals surface area contributed by atoms with E-state index in [0.29, 0.717) is 15.8 Å². The first-order valence-corrected chi connectivity index (χ1v) is 6.75. The van der Waals surface area contributed by atoms with E-state index in [4.69, 9.17) is 37.8 Å². The van der Waals surface area contributed by atoms with E-state index < -0.39 is 5.97 Å². The van der Waals surface area contributed by atoms with Gasteiger partial charge in [0.25, 0.3) is 0 Å². The molecule has 0 aliphatic heterocycles. The molecule has 4 nitrogen and oxygen atoms in total. The Morgan fingerprint density at radius 1 is 1.19 bits per heavy atom. The molecule has 1 N–H and O–H groups in total. The number of methoxy groups -OCH3 is 1. The second kappa shape index (κ2) is 6.70. The second-order valence-electron chi connectivity index (χ2n) is 4.18. The lowest BCUT2D eigenvalue weighted by molar-refractivity contribution is 0.0693. The fraction of sp³-hybridized carbons (Fsp3) is 0.133. The lowest BCUT2D eigenvalue weighted by Gasteiger charge is -2.11. The van der Waals surface area contributed by atoms with E-state index in [0.717, 1.165) is 5.56 Å². The van der Waals surface area contributed by atoms with Gasteiger partial charge in [0.2, 0.25) is 0 Å². The topological polar surface area (TPSA) is 55.8 Å². The minimum Gasteiger partial charge on any atom is -0.496 e. The maximum atomic E-state index is 11.0. The van der Waals surface area contributed by atoms with E-state index in [9.17, 15) is 4.79 Å². The highest BCUT2D eigenvalue weighted by Crippen LogP contribution is 2.32. The Morgan fingerprint density at radius 2 is 1.95 bits per heavy atom. The maximum Gasteiger partial charge on any atom is 0.339 e. The van der Waals surface area contributed by atoms with Crippen LogP contribution >= 0.6 is 23.2 Å². The van der Waals surface area contributed by atoms with Gasteiger partial charge in [0, 0.05) is 0 Å². The number of ether oxygens (including phenoxy) is 2. The van der Waals surface area contributed by atoms with Crippen molar-refractivity contribution < 1.29 is 19.4 Å². The molecule has 0 heterocycles. The van der Waals surface area contributed by atoms with Crippen LogP contribution < -0.4 is 9.47 Å². The first-order valence-electron chi connectivity index (χ1n) is 6.00. The average molecular weight is 327 g/mol. The summed E-state index contributed by atoms with van der Waals surface area (Å²) >= 11 is 11.9. The van der Waals surface area contributed by atoms with E-state index in [2.05, 4.69) is 0 Å². The van der Waals surface area contributed by atoms with Crippen molar-refractivity contribution in [2.24, 2.45) is 0 Å². The molecule has 21 heavy (non-hydrogen) atoms. The van der Waals surface area contributed by atoms with Gasteiger partial charge >= 0.3 is 5.97 Å². The molecule has 0 saturated carbocycles. The van der Waals surface area contributed by atoms with Crippen LogP contribution in [0, 0.1) is 0 Å². The molecule has 6 heteroatoms. The molecule has 0 bridgehead atoms. The third kappa shape index (κ3) is 3.60. The lowest BCUT2D eigenvalue weighted by atomic mass is 10.1. The summed E-state index contributed by atoms with van der Waals surface area (Å²) in [5, 5.41) is 9.77. The van der Waals surface area contributed by atoms with Crippen molar-refractivity contribution >= 4 is 29.2 Å². The summed E-state index contributed by atoms with van der Waals surface area (Å²) in [4.78, 5) is 11.0. The van der Waals surface area contributed by atoms with Gasteiger partial charge in [0.15, 0.2) is 0 Å². The van der Waals surface area contributed by atoms with Crippen LogP contribution in [-0.2, 0) is 6.61 Å². The maximum absolute atomic E-state index is 11.0. The first kappa shape index (κ1) is 15.5. The Labute approximate surface area is 131 Å². The van der Waals surface area contributed by atoms with Gasteiger partial charge in [-0.3, -0.25) is 0 Å². The number of halogens is 2. The minimum atomic E-state index is -1.04. The van der Waals surface area contributed by atoms with Crippen LogP contribution in [0.1, 0.15) is 15.9 Å². The van der Waals surface area contributed by atoms with Crippen molar-refractivity contribution in [3.63, 3.8) is 0 Å². The van der Waals surface area contributed by atoms with Gasteiger partial charge in [-0.1, -0.05) is 35.3 Å². The largest absolute Gasteiger partial charge is 0.496 e. The molecule has 2 aromatic rings. The van der Waals surface area contributed by atoms with E-state index in [-0.39, 0.29) is 17.9 Å². The zero-order valence-corrected chi connectivity index (χ0v) is 12.6. The number of carboxylic acid groups (broad SMARTS) is 1. The zero-order valence-electron chi connectivity index (χ0n) is 11.1. The predicted octanol–water partition coefficient (Wildman–Crippen LogP) is 4.28. The van der Waals surface area contributed by atoms with Gasteiger partial charge in [-0.25, -0.2) is 4.79 Å². The number of carbonyl (C=O) groups is 1. The van der Waals surface area contributed by atoms with Crippen molar-refractivity contribution in [1.82, 2.24) is 0 Å².